The third kappa shape index (κ3) is 5.60. The summed E-state index contributed by atoms with van der Waals surface area (Å²) in [4.78, 5) is 30.8. The van der Waals surface area contributed by atoms with Crippen LogP contribution in [0, 0.1) is 3.57 Å². The summed E-state index contributed by atoms with van der Waals surface area (Å²) in [5.74, 6) is 0.177. The summed E-state index contributed by atoms with van der Waals surface area (Å²) in [7, 11) is 1.61. The fourth-order valence-corrected chi connectivity index (χ4v) is 4.75. The number of rotatable bonds is 8. The minimum Gasteiger partial charge on any atom is -0.383 e. The largest absolute Gasteiger partial charge is 0.383 e. The van der Waals surface area contributed by atoms with Gasteiger partial charge in [-0.2, -0.15) is 0 Å². The molecule has 2 aromatic rings. The van der Waals surface area contributed by atoms with Crippen molar-refractivity contribution < 1.29 is 9.47 Å². The maximum absolute atomic E-state index is 13.6. The number of hydrogen-bond donors (Lipinski definition) is 2. The predicted octanol–water partition coefficient (Wildman–Crippen LogP) is 0.366. The van der Waals surface area contributed by atoms with Crippen LogP contribution < -0.4 is 27.2 Å². The van der Waals surface area contributed by atoms with Gasteiger partial charge in [-0.3, -0.25) is 18.8 Å². The van der Waals surface area contributed by atoms with E-state index >= 15 is 0 Å². The number of nitrogens with two attached hydrogens (primary N) is 1. The van der Waals surface area contributed by atoms with Crippen molar-refractivity contribution >= 4 is 34.1 Å². The van der Waals surface area contributed by atoms with Crippen LogP contribution in [0.5, 0.6) is 0 Å². The van der Waals surface area contributed by atoms with E-state index in [-0.39, 0.29) is 17.9 Å². The Morgan fingerprint density at radius 3 is 2.58 bits per heavy atom. The van der Waals surface area contributed by atoms with E-state index in [0.29, 0.717) is 38.5 Å². The highest BCUT2D eigenvalue weighted by atomic mass is 127. The zero-order valence-corrected chi connectivity index (χ0v) is 21.0. The molecule has 0 spiro atoms. The quantitative estimate of drug-likeness (QED) is 0.439. The number of nitrogen functional groups attached to an aromatic ring is 1. The molecule has 2 saturated heterocycles. The molecule has 33 heavy (non-hydrogen) atoms. The zero-order chi connectivity index (χ0) is 23.4. The highest BCUT2D eigenvalue weighted by molar-refractivity contribution is 14.1. The molecule has 1 aromatic heterocycles. The molecule has 3 heterocycles. The maximum Gasteiger partial charge on any atom is 0.332 e. The average Bonchev–Trinajstić information content (AvgIpc) is 3.33. The number of aromatic nitrogens is 2. The van der Waals surface area contributed by atoms with Gasteiger partial charge in [0.1, 0.15) is 11.5 Å². The van der Waals surface area contributed by atoms with Crippen LogP contribution in [0.1, 0.15) is 12.0 Å². The van der Waals surface area contributed by atoms with Gasteiger partial charge in [0, 0.05) is 56.3 Å². The van der Waals surface area contributed by atoms with Gasteiger partial charge in [0.25, 0.3) is 5.56 Å². The molecule has 0 radical (unpaired) electrons. The second-order valence-electron chi connectivity index (χ2n) is 8.29. The fraction of sp³-hybridized carbons (Fsp3) is 0.545. The molecule has 3 N–H and O–H groups in total. The fourth-order valence-electron chi connectivity index (χ4n) is 4.20. The number of piperazine rings is 1. The minimum atomic E-state index is -0.435. The van der Waals surface area contributed by atoms with Crippen molar-refractivity contribution in [1.82, 2.24) is 19.4 Å². The number of halogens is 1. The van der Waals surface area contributed by atoms with Crippen LogP contribution in [0.25, 0.3) is 0 Å². The Bertz CT molecular complexity index is 1080. The first-order chi connectivity index (χ1) is 16.0. The lowest BCUT2D eigenvalue weighted by molar-refractivity contribution is -0.0494. The highest BCUT2D eigenvalue weighted by Gasteiger charge is 2.25. The Balaban J connectivity index is 1.71. The monoisotopic (exact) mass is 570 g/mol. The van der Waals surface area contributed by atoms with Crippen LogP contribution in [-0.2, 0) is 29.6 Å². The van der Waals surface area contributed by atoms with E-state index in [0.717, 1.165) is 35.3 Å². The molecular formula is C22H31IN6O4. The van der Waals surface area contributed by atoms with Crippen LogP contribution in [-0.4, -0.2) is 66.4 Å². The number of benzene rings is 1. The van der Waals surface area contributed by atoms with Gasteiger partial charge in [-0.05, 0) is 34.2 Å². The van der Waals surface area contributed by atoms with Crippen LogP contribution in [0.3, 0.4) is 0 Å². The van der Waals surface area contributed by atoms with E-state index in [9.17, 15) is 9.59 Å². The van der Waals surface area contributed by atoms with Crippen LogP contribution >= 0.6 is 22.6 Å². The van der Waals surface area contributed by atoms with Crippen LogP contribution in [0.2, 0.25) is 0 Å². The molecule has 1 aromatic carbocycles. The molecule has 2 aliphatic rings. The summed E-state index contributed by atoms with van der Waals surface area (Å²) < 4.78 is 14.7. The Morgan fingerprint density at radius 1 is 1.18 bits per heavy atom. The van der Waals surface area contributed by atoms with E-state index in [1.54, 1.807) is 7.05 Å². The topological polar surface area (TPSA) is 107 Å². The molecule has 4 rings (SSSR count). The molecule has 0 amide bonds. The number of nitrogens with zero attached hydrogens (tertiary/aromatic N) is 4. The summed E-state index contributed by atoms with van der Waals surface area (Å²) >= 11 is 2.31. The van der Waals surface area contributed by atoms with Gasteiger partial charge in [-0.15, -0.1) is 0 Å². The number of ether oxygens (including phenoxy) is 2. The van der Waals surface area contributed by atoms with Crippen molar-refractivity contribution in [2.45, 2.75) is 25.8 Å². The molecule has 2 aliphatic heterocycles. The standard InChI is InChI=1S/C22H31IN6O4/c1-26-20(24)19(21(30)29(22(26)31)9-6-18-32-12-13-33-18)28(15-27-10-7-25-8-11-27)14-16-4-2-3-5-17(16)23/h2-5,18,25H,6-15,24H2,1H3. The van der Waals surface area contributed by atoms with E-state index in [1.165, 1.54) is 9.13 Å². The second kappa shape index (κ2) is 11.0. The van der Waals surface area contributed by atoms with Crippen molar-refractivity contribution in [3.63, 3.8) is 0 Å². The summed E-state index contributed by atoms with van der Waals surface area (Å²) in [5.41, 5.74) is 7.03. The van der Waals surface area contributed by atoms with Gasteiger partial charge in [0.15, 0.2) is 6.29 Å². The highest BCUT2D eigenvalue weighted by Crippen LogP contribution is 2.22. The van der Waals surface area contributed by atoms with E-state index in [1.807, 2.05) is 23.1 Å². The zero-order valence-electron chi connectivity index (χ0n) is 18.8. The molecule has 0 aliphatic carbocycles. The molecule has 11 heteroatoms. The molecule has 0 saturated carbocycles. The van der Waals surface area contributed by atoms with Crippen molar-refractivity contribution in [2.24, 2.45) is 7.05 Å². The van der Waals surface area contributed by atoms with Gasteiger partial charge in [-0.25, -0.2) is 4.79 Å². The van der Waals surface area contributed by atoms with E-state index in [4.69, 9.17) is 15.2 Å². The molecule has 0 atom stereocenters. The van der Waals surface area contributed by atoms with E-state index < -0.39 is 12.0 Å². The second-order valence-corrected chi connectivity index (χ2v) is 9.45. The molecule has 0 unspecified atom stereocenters. The predicted molar refractivity (Wildman–Crippen MR) is 135 cm³/mol. The number of hydrogen-bond acceptors (Lipinski definition) is 8. The third-order valence-electron chi connectivity index (χ3n) is 6.06. The van der Waals surface area contributed by atoms with Gasteiger partial charge in [0.05, 0.1) is 19.9 Å². The first kappa shape index (κ1) is 24.2. The van der Waals surface area contributed by atoms with Crippen LogP contribution in [0.15, 0.2) is 33.9 Å². The Hall–Kier alpha value is -1.93. The molecule has 0 bridgehead atoms. The minimum absolute atomic E-state index is 0.177. The smallest absolute Gasteiger partial charge is 0.332 e. The lowest BCUT2D eigenvalue weighted by Crippen LogP contribution is -2.51. The number of nitrogens with one attached hydrogen (secondary N) is 1. The van der Waals surface area contributed by atoms with Gasteiger partial charge in [-0.1, -0.05) is 18.2 Å². The van der Waals surface area contributed by atoms with Gasteiger partial charge >= 0.3 is 5.69 Å². The third-order valence-corrected chi connectivity index (χ3v) is 7.12. The summed E-state index contributed by atoms with van der Waals surface area (Å²) in [6.07, 6.45) is 0.0258. The van der Waals surface area contributed by atoms with Crippen molar-refractivity contribution in [3.8, 4) is 0 Å². The summed E-state index contributed by atoms with van der Waals surface area (Å²) in [6.45, 7) is 5.84. The summed E-state index contributed by atoms with van der Waals surface area (Å²) in [5, 5.41) is 3.36. The Morgan fingerprint density at radius 2 is 1.88 bits per heavy atom. The number of anilines is 2. The average molecular weight is 570 g/mol. The first-order valence-electron chi connectivity index (χ1n) is 11.2. The molecular weight excluding hydrogens is 539 g/mol. The van der Waals surface area contributed by atoms with E-state index in [2.05, 4.69) is 38.9 Å². The molecule has 10 nitrogen and oxygen atoms in total. The molecule has 2 fully saturated rings. The SMILES string of the molecule is Cn1c(N)c(N(Cc2ccccc2I)CN2CCNCC2)c(=O)n(CCC2OCCO2)c1=O. The Labute approximate surface area is 206 Å². The molecule has 180 valence electrons. The maximum atomic E-state index is 13.6. The Kier molecular flexibility index (Phi) is 8.07. The van der Waals surface area contributed by atoms with Crippen molar-refractivity contribution in [3.05, 3.63) is 54.2 Å². The lowest BCUT2D eigenvalue weighted by Gasteiger charge is -2.35. The van der Waals surface area contributed by atoms with Gasteiger partial charge < -0.3 is 25.4 Å². The van der Waals surface area contributed by atoms with Crippen molar-refractivity contribution in [1.29, 1.82) is 0 Å². The normalized spacial score (nSPS) is 17.5. The first-order valence-corrected chi connectivity index (χ1v) is 12.3. The van der Waals surface area contributed by atoms with Crippen molar-refractivity contribution in [2.75, 3.05) is 56.7 Å². The van der Waals surface area contributed by atoms with Crippen LogP contribution in [0.4, 0.5) is 11.5 Å². The lowest BCUT2D eigenvalue weighted by atomic mass is 10.2. The van der Waals surface area contributed by atoms with Gasteiger partial charge in [0.2, 0.25) is 0 Å². The summed E-state index contributed by atoms with van der Waals surface area (Å²) in [6, 6.07) is 8.08.